The summed E-state index contributed by atoms with van der Waals surface area (Å²) in [5, 5.41) is 13.0. The maximum absolute atomic E-state index is 14.0. The number of hydrogen-bond donors (Lipinski definition) is 4. The third-order valence-electron chi connectivity index (χ3n) is 4.17. The molecule has 0 aliphatic carbocycles. The molecule has 138 valence electrons. The zero-order chi connectivity index (χ0) is 18.6. The second-order valence-electron chi connectivity index (χ2n) is 6.06. The van der Waals surface area contributed by atoms with E-state index in [0.29, 0.717) is 18.7 Å². The number of ether oxygens (including phenoxy) is 1. The van der Waals surface area contributed by atoms with Crippen molar-refractivity contribution in [1.29, 1.82) is 0 Å². The van der Waals surface area contributed by atoms with Gasteiger partial charge in [0.1, 0.15) is 11.9 Å². The molecule has 9 heteroatoms. The summed E-state index contributed by atoms with van der Waals surface area (Å²) in [5.74, 6) is -2.23. The Morgan fingerprint density at radius 1 is 1.52 bits per heavy atom. The quantitative estimate of drug-likeness (QED) is 0.532. The average Bonchev–Trinajstić information content (AvgIpc) is 2.92. The van der Waals surface area contributed by atoms with E-state index in [1.807, 2.05) is 12.1 Å². The van der Waals surface area contributed by atoms with Gasteiger partial charge in [0, 0.05) is 38.7 Å². The number of hydrazine groups is 1. The van der Waals surface area contributed by atoms with Crippen molar-refractivity contribution in [2.24, 2.45) is 11.7 Å². The Morgan fingerprint density at radius 3 is 2.88 bits per heavy atom. The summed E-state index contributed by atoms with van der Waals surface area (Å²) in [7, 11) is 3.45. The topological polar surface area (TPSA) is 117 Å². The van der Waals surface area contributed by atoms with Gasteiger partial charge in [0.25, 0.3) is 5.91 Å². The smallest absolute Gasteiger partial charge is 0.322 e. The number of halogens is 1. The number of aliphatic carboxylic acids is 1. The van der Waals surface area contributed by atoms with E-state index in [1.54, 1.807) is 13.2 Å². The van der Waals surface area contributed by atoms with Crippen LogP contribution in [-0.2, 0) is 9.53 Å². The van der Waals surface area contributed by atoms with Gasteiger partial charge in [-0.3, -0.25) is 15.0 Å². The summed E-state index contributed by atoms with van der Waals surface area (Å²) in [4.78, 5) is 22.9. The predicted octanol–water partition coefficient (Wildman–Crippen LogP) is -0.279. The summed E-state index contributed by atoms with van der Waals surface area (Å²) in [6, 6.07) is 2.73. The standard InChI is InChI=1S/C16H23FN4O4/c1-21-14(11(6-20-21)8-25-2)9-3-10(5-12(17)4-9)15(22)19-7-13(18)16(23)24/h3-5,11,13-14,20H,6-8,18H2,1-2H3,(H,19,22)(H,23,24)/t11?,13-,14?/m1/s1. The lowest BCUT2D eigenvalue weighted by Crippen LogP contribution is -2.42. The lowest BCUT2D eigenvalue weighted by molar-refractivity contribution is -0.138. The number of nitrogens with one attached hydrogen (secondary N) is 2. The Kier molecular flexibility index (Phi) is 6.43. The highest BCUT2D eigenvalue weighted by Crippen LogP contribution is 2.32. The van der Waals surface area contributed by atoms with Crippen molar-refractivity contribution in [2.75, 3.05) is 33.9 Å². The van der Waals surface area contributed by atoms with E-state index in [2.05, 4.69) is 10.7 Å². The largest absolute Gasteiger partial charge is 0.480 e. The molecule has 1 heterocycles. The molecule has 2 unspecified atom stereocenters. The number of benzene rings is 1. The average molecular weight is 354 g/mol. The molecule has 1 fully saturated rings. The zero-order valence-corrected chi connectivity index (χ0v) is 14.2. The van der Waals surface area contributed by atoms with Crippen molar-refractivity contribution in [1.82, 2.24) is 15.8 Å². The van der Waals surface area contributed by atoms with Gasteiger partial charge in [0.2, 0.25) is 0 Å². The number of methoxy groups -OCH3 is 1. The number of rotatable bonds is 7. The molecule has 1 aliphatic rings. The van der Waals surface area contributed by atoms with Crippen LogP contribution in [0.2, 0.25) is 0 Å². The molecule has 1 aromatic rings. The van der Waals surface area contributed by atoms with E-state index in [-0.39, 0.29) is 24.1 Å². The molecular weight excluding hydrogens is 331 g/mol. The van der Waals surface area contributed by atoms with Gasteiger partial charge in [-0.1, -0.05) is 0 Å². The Labute approximate surface area is 145 Å². The van der Waals surface area contributed by atoms with Crippen LogP contribution in [0, 0.1) is 11.7 Å². The van der Waals surface area contributed by atoms with E-state index in [9.17, 15) is 14.0 Å². The molecule has 2 rings (SSSR count). The summed E-state index contributed by atoms with van der Waals surface area (Å²) in [5.41, 5.74) is 9.28. The first kappa shape index (κ1) is 19.3. The van der Waals surface area contributed by atoms with Crippen molar-refractivity contribution in [3.8, 4) is 0 Å². The van der Waals surface area contributed by atoms with E-state index >= 15 is 0 Å². The van der Waals surface area contributed by atoms with Crippen LogP contribution < -0.4 is 16.5 Å². The van der Waals surface area contributed by atoms with Crippen molar-refractivity contribution >= 4 is 11.9 Å². The lowest BCUT2D eigenvalue weighted by Gasteiger charge is -2.24. The fourth-order valence-corrected chi connectivity index (χ4v) is 2.95. The van der Waals surface area contributed by atoms with E-state index < -0.39 is 23.7 Å². The molecule has 1 aromatic carbocycles. The number of carbonyl (C=O) groups excluding carboxylic acids is 1. The molecule has 5 N–H and O–H groups in total. The molecule has 0 saturated carbocycles. The summed E-state index contributed by atoms with van der Waals surface area (Å²) in [6.07, 6.45) is 0. The van der Waals surface area contributed by atoms with Gasteiger partial charge in [-0.05, 0) is 23.8 Å². The van der Waals surface area contributed by atoms with Gasteiger partial charge in [0.15, 0.2) is 0 Å². The van der Waals surface area contributed by atoms with Gasteiger partial charge >= 0.3 is 5.97 Å². The third kappa shape index (κ3) is 4.73. The number of carboxylic acids is 1. The lowest BCUT2D eigenvalue weighted by atomic mass is 9.93. The molecule has 25 heavy (non-hydrogen) atoms. The molecule has 0 bridgehead atoms. The second kappa shape index (κ2) is 8.34. The van der Waals surface area contributed by atoms with Crippen LogP contribution in [0.25, 0.3) is 0 Å². The Morgan fingerprint density at radius 2 is 2.24 bits per heavy atom. The van der Waals surface area contributed by atoms with E-state index in [1.165, 1.54) is 6.07 Å². The number of nitrogens with two attached hydrogens (primary N) is 1. The molecule has 1 amide bonds. The van der Waals surface area contributed by atoms with Gasteiger partial charge in [-0.25, -0.2) is 9.40 Å². The zero-order valence-electron chi connectivity index (χ0n) is 14.2. The molecule has 1 saturated heterocycles. The monoisotopic (exact) mass is 354 g/mol. The molecule has 1 aliphatic heterocycles. The van der Waals surface area contributed by atoms with E-state index in [4.69, 9.17) is 15.6 Å². The van der Waals surface area contributed by atoms with Crippen LogP contribution in [0.3, 0.4) is 0 Å². The first-order valence-corrected chi connectivity index (χ1v) is 7.85. The molecule has 3 atom stereocenters. The number of hydrogen-bond acceptors (Lipinski definition) is 6. The van der Waals surface area contributed by atoms with Crippen molar-refractivity contribution in [3.05, 3.63) is 35.1 Å². The first-order valence-electron chi connectivity index (χ1n) is 7.85. The summed E-state index contributed by atoms with van der Waals surface area (Å²) in [6.45, 7) is 0.936. The fraction of sp³-hybridized carbons (Fsp3) is 0.500. The highest BCUT2D eigenvalue weighted by atomic mass is 19.1. The molecule has 0 radical (unpaired) electrons. The van der Waals surface area contributed by atoms with Gasteiger partial charge in [-0.2, -0.15) is 0 Å². The molecule has 0 aromatic heterocycles. The summed E-state index contributed by atoms with van der Waals surface area (Å²) >= 11 is 0. The second-order valence-corrected chi connectivity index (χ2v) is 6.06. The molecule has 8 nitrogen and oxygen atoms in total. The van der Waals surface area contributed by atoms with Crippen LogP contribution in [0.1, 0.15) is 22.0 Å². The Hall–Kier alpha value is -2.07. The Bertz CT molecular complexity index is 641. The normalized spacial score (nSPS) is 21.9. The highest BCUT2D eigenvalue weighted by Gasteiger charge is 2.33. The van der Waals surface area contributed by atoms with Crippen LogP contribution in [0.5, 0.6) is 0 Å². The number of amides is 1. The van der Waals surface area contributed by atoms with Crippen molar-refractivity contribution < 1.29 is 23.8 Å². The van der Waals surface area contributed by atoms with Crippen LogP contribution in [0.4, 0.5) is 4.39 Å². The minimum Gasteiger partial charge on any atom is -0.480 e. The van der Waals surface area contributed by atoms with Crippen molar-refractivity contribution in [2.45, 2.75) is 12.1 Å². The number of carboxylic acid groups (broad SMARTS) is 1. The van der Waals surface area contributed by atoms with Crippen LogP contribution in [-0.4, -0.2) is 61.9 Å². The summed E-state index contributed by atoms with van der Waals surface area (Å²) < 4.78 is 19.3. The minimum absolute atomic E-state index is 0.105. The van der Waals surface area contributed by atoms with Gasteiger partial charge < -0.3 is 20.9 Å². The molecule has 0 spiro atoms. The Balaban J connectivity index is 2.19. The van der Waals surface area contributed by atoms with Crippen LogP contribution >= 0.6 is 0 Å². The third-order valence-corrected chi connectivity index (χ3v) is 4.17. The predicted molar refractivity (Wildman–Crippen MR) is 88.2 cm³/mol. The van der Waals surface area contributed by atoms with Crippen LogP contribution in [0.15, 0.2) is 18.2 Å². The maximum Gasteiger partial charge on any atom is 0.322 e. The molecular formula is C16H23FN4O4. The fourth-order valence-electron chi connectivity index (χ4n) is 2.95. The van der Waals surface area contributed by atoms with Gasteiger partial charge in [0.05, 0.1) is 12.6 Å². The highest BCUT2D eigenvalue weighted by molar-refractivity contribution is 5.94. The number of nitrogens with zero attached hydrogens (tertiary/aromatic N) is 1. The first-order chi connectivity index (χ1) is 11.8. The van der Waals surface area contributed by atoms with E-state index in [0.717, 1.165) is 6.07 Å². The number of carbonyl (C=O) groups is 2. The van der Waals surface area contributed by atoms with Gasteiger partial charge in [-0.15, -0.1) is 0 Å². The van der Waals surface area contributed by atoms with Crippen molar-refractivity contribution in [3.63, 3.8) is 0 Å². The SMILES string of the molecule is COCC1CNN(C)C1c1cc(F)cc(C(=O)NC[C@@H](N)C(=O)O)c1. The minimum atomic E-state index is -1.22. The maximum atomic E-state index is 14.0.